The zero-order valence-corrected chi connectivity index (χ0v) is 12.1. The van der Waals surface area contributed by atoms with Crippen LogP contribution < -0.4 is 16.2 Å². The Hall–Kier alpha value is -2.02. The maximum atomic E-state index is 5.58. The first kappa shape index (κ1) is 14.4. The maximum Gasteiger partial charge on any atom is 0.225 e. The molecular weight excluding hydrogens is 274 g/mol. The van der Waals surface area contributed by atoms with Crippen LogP contribution in [0.15, 0.2) is 24.3 Å². The molecule has 0 aliphatic rings. The molecule has 0 atom stereocenters. The van der Waals surface area contributed by atoms with Gasteiger partial charge in [-0.15, -0.1) is 11.8 Å². The first-order chi connectivity index (χ1) is 9.69. The fraction of sp³-hybridized carbons (Fsp3) is 0.308. The van der Waals surface area contributed by atoms with Crippen LogP contribution in [0.3, 0.4) is 0 Å². The Balaban J connectivity index is 1.95. The summed E-state index contributed by atoms with van der Waals surface area (Å²) in [5, 5.41) is 0. The highest BCUT2D eigenvalue weighted by molar-refractivity contribution is 7.97. The molecule has 1 aromatic carbocycles. The number of anilines is 2. The van der Waals surface area contributed by atoms with Gasteiger partial charge in [-0.1, -0.05) is 18.2 Å². The SMILES string of the molecule is CCOc1ccccc1CSCc1nc(N)nc(N)n1. The number of nitrogens with zero attached hydrogens (tertiary/aromatic N) is 3. The van der Waals surface area contributed by atoms with Gasteiger partial charge in [-0.25, -0.2) is 0 Å². The van der Waals surface area contributed by atoms with Crippen LogP contribution in [0.2, 0.25) is 0 Å². The maximum absolute atomic E-state index is 5.58. The average Bonchev–Trinajstić information content (AvgIpc) is 2.40. The van der Waals surface area contributed by atoms with Gasteiger partial charge >= 0.3 is 0 Å². The zero-order chi connectivity index (χ0) is 14.4. The molecule has 20 heavy (non-hydrogen) atoms. The second kappa shape index (κ2) is 6.95. The number of para-hydroxylation sites is 1. The Kier molecular flexibility index (Phi) is 5.00. The van der Waals surface area contributed by atoms with E-state index in [1.54, 1.807) is 11.8 Å². The third kappa shape index (κ3) is 3.99. The highest BCUT2D eigenvalue weighted by atomic mass is 32.2. The van der Waals surface area contributed by atoms with Crippen molar-refractivity contribution in [1.29, 1.82) is 0 Å². The number of benzene rings is 1. The average molecular weight is 291 g/mol. The summed E-state index contributed by atoms with van der Waals surface area (Å²) in [6, 6.07) is 7.98. The highest BCUT2D eigenvalue weighted by Gasteiger charge is 2.05. The van der Waals surface area contributed by atoms with E-state index < -0.39 is 0 Å². The van der Waals surface area contributed by atoms with Crippen molar-refractivity contribution in [3.63, 3.8) is 0 Å². The van der Waals surface area contributed by atoms with E-state index >= 15 is 0 Å². The number of rotatable bonds is 6. The molecule has 106 valence electrons. The van der Waals surface area contributed by atoms with E-state index in [-0.39, 0.29) is 11.9 Å². The number of nitrogen functional groups attached to an aromatic ring is 2. The lowest BCUT2D eigenvalue weighted by molar-refractivity contribution is 0.337. The molecule has 0 aliphatic carbocycles. The van der Waals surface area contributed by atoms with E-state index in [4.69, 9.17) is 16.2 Å². The van der Waals surface area contributed by atoms with Gasteiger partial charge in [0.2, 0.25) is 11.9 Å². The summed E-state index contributed by atoms with van der Waals surface area (Å²) in [6.07, 6.45) is 0. The predicted molar refractivity (Wildman–Crippen MR) is 81.3 cm³/mol. The van der Waals surface area contributed by atoms with Gasteiger partial charge in [-0.2, -0.15) is 15.0 Å². The Bertz CT molecular complexity index is 558. The highest BCUT2D eigenvalue weighted by Crippen LogP contribution is 2.24. The minimum absolute atomic E-state index is 0.155. The number of thioether (sulfide) groups is 1. The topological polar surface area (TPSA) is 99.9 Å². The zero-order valence-electron chi connectivity index (χ0n) is 11.2. The van der Waals surface area contributed by atoms with Crippen molar-refractivity contribution in [3.05, 3.63) is 35.7 Å². The standard InChI is InChI=1S/C13H17N5OS/c1-2-19-10-6-4-3-5-9(10)7-20-8-11-16-12(14)18-13(15)17-11/h3-6H,2,7-8H2,1H3,(H4,14,15,16,17,18). The molecule has 1 heterocycles. The van der Waals surface area contributed by atoms with Crippen molar-refractivity contribution in [2.75, 3.05) is 18.1 Å². The normalized spacial score (nSPS) is 10.4. The van der Waals surface area contributed by atoms with Crippen LogP contribution in [0, 0.1) is 0 Å². The van der Waals surface area contributed by atoms with Crippen molar-refractivity contribution in [1.82, 2.24) is 15.0 Å². The summed E-state index contributed by atoms with van der Waals surface area (Å²) in [7, 11) is 0. The third-order valence-electron chi connectivity index (χ3n) is 2.48. The number of hydrogen-bond donors (Lipinski definition) is 2. The summed E-state index contributed by atoms with van der Waals surface area (Å²) >= 11 is 1.67. The van der Waals surface area contributed by atoms with E-state index in [1.165, 1.54) is 0 Å². The first-order valence-electron chi connectivity index (χ1n) is 6.23. The Labute approximate surface area is 122 Å². The van der Waals surface area contributed by atoms with E-state index in [2.05, 4.69) is 15.0 Å². The third-order valence-corrected chi connectivity index (χ3v) is 3.45. The fourth-order valence-corrected chi connectivity index (χ4v) is 2.57. The fourth-order valence-electron chi connectivity index (χ4n) is 1.69. The molecule has 0 saturated carbocycles. The Morgan fingerprint density at radius 2 is 1.75 bits per heavy atom. The van der Waals surface area contributed by atoms with Crippen LogP contribution in [0.25, 0.3) is 0 Å². The number of nitrogens with two attached hydrogens (primary N) is 2. The monoisotopic (exact) mass is 291 g/mol. The molecule has 1 aromatic heterocycles. The summed E-state index contributed by atoms with van der Waals surface area (Å²) in [5.41, 5.74) is 12.2. The largest absolute Gasteiger partial charge is 0.494 e. The van der Waals surface area contributed by atoms with Gasteiger partial charge in [0.15, 0.2) is 0 Å². The van der Waals surface area contributed by atoms with Crippen LogP contribution in [0.1, 0.15) is 18.3 Å². The van der Waals surface area contributed by atoms with Crippen molar-refractivity contribution < 1.29 is 4.74 Å². The lowest BCUT2D eigenvalue weighted by Crippen LogP contribution is -2.06. The van der Waals surface area contributed by atoms with Crippen LogP contribution in [-0.2, 0) is 11.5 Å². The van der Waals surface area contributed by atoms with Crippen molar-refractivity contribution in [2.24, 2.45) is 0 Å². The molecule has 0 unspecified atom stereocenters. The smallest absolute Gasteiger partial charge is 0.225 e. The minimum Gasteiger partial charge on any atom is -0.494 e. The Morgan fingerprint density at radius 3 is 2.45 bits per heavy atom. The molecule has 6 nitrogen and oxygen atoms in total. The molecular formula is C13H17N5OS. The van der Waals surface area contributed by atoms with Crippen LogP contribution in [0.4, 0.5) is 11.9 Å². The second-order valence-corrected chi connectivity index (χ2v) is 4.99. The first-order valence-corrected chi connectivity index (χ1v) is 7.39. The predicted octanol–water partition coefficient (Wildman–Crippen LogP) is 1.87. The second-order valence-electron chi connectivity index (χ2n) is 4.00. The molecule has 0 radical (unpaired) electrons. The molecule has 0 fully saturated rings. The number of aromatic nitrogens is 3. The summed E-state index contributed by atoms with van der Waals surface area (Å²) in [4.78, 5) is 11.8. The van der Waals surface area contributed by atoms with Gasteiger partial charge in [0.1, 0.15) is 11.6 Å². The van der Waals surface area contributed by atoms with Gasteiger partial charge < -0.3 is 16.2 Å². The molecule has 0 amide bonds. The molecule has 0 aliphatic heterocycles. The molecule has 7 heteroatoms. The summed E-state index contributed by atoms with van der Waals surface area (Å²) in [6.45, 7) is 2.63. The number of ether oxygens (including phenoxy) is 1. The van der Waals surface area contributed by atoms with Crippen LogP contribution in [0.5, 0.6) is 5.75 Å². The van der Waals surface area contributed by atoms with Crippen molar-refractivity contribution >= 4 is 23.7 Å². The van der Waals surface area contributed by atoms with Gasteiger partial charge in [0.25, 0.3) is 0 Å². The lowest BCUT2D eigenvalue weighted by atomic mass is 10.2. The molecule has 0 spiro atoms. The quantitative estimate of drug-likeness (QED) is 0.837. The van der Waals surface area contributed by atoms with E-state index in [9.17, 15) is 0 Å². The van der Waals surface area contributed by atoms with E-state index in [0.717, 1.165) is 17.1 Å². The van der Waals surface area contributed by atoms with Crippen LogP contribution >= 0.6 is 11.8 Å². The molecule has 2 rings (SSSR count). The Morgan fingerprint density at radius 1 is 1.05 bits per heavy atom. The molecule has 4 N–H and O–H groups in total. The van der Waals surface area contributed by atoms with Crippen LogP contribution in [-0.4, -0.2) is 21.6 Å². The molecule has 0 saturated heterocycles. The summed E-state index contributed by atoms with van der Waals surface area (Å²) < 4.78 is 5.58. The van der Waals surface area contributed by atoms with E-state index in [0.29, 0.717) is 18.2 Å². The molecule has 2 aromatic rings. The van der Waals surface area contributed by atoms with Crippen molar-refractivity contribution in [2.45, 2.75) is 18.4 Å². The van der Waals surface area contributed by atoms with Gasteiger partial charge in [-0.05, 0) is 13.0 Å². The van der Waals surface area contributed by atoms with Gasteiger partial charge in [-0.3, -0.25) is 0 Å². The molecule has 0 bridgehead atoms. The van der Waals surface area contributed by atoms with Crippen molar-refractivity contribution in [3.8, 4) is 5.75 Å². The number of hydrogen-bond acceptors (Lipinski definition) is 7. The van der Waals surface area contributed by atoms with Gasteiger partial charge in [0.05, 0.1) is 12.4 Å². The van der Waals surface area contributed by atoms with Gasteiger partial charge in [0, 0.05) is 11.3 Å². The van der Waals surface area contributed by atoms with E-state index in [1.807, 2.05) is 31.2 Å². The lowest BCUT2D eigenvalue weighted by Gasteiger charge is -2.09. The summed E-state index contributed by atoms with van der Waals surface area (Å²) in [5.74, 6) is 3.25. The minimum atomic E-state index is 0.155.